The van der Waals surface area contributed by atoms with E-state index in [2.05, 4.69) is 49.9 Å². The lowest BCUT2D eigenvalue weighted by atomic mass is 10.1. The third-order valence-electron chi connectivity index (χ3n) is 5.08. The van der Waals surface area contributed by atoms with Gasteiger partial charge in [-0.2, -0.15) is 5.10 Å². The second kappa shape index (κ2) is 7.42. The summed E-state index contributed by atoms with van der Waals surface area (Å²) in [7, 11) is 0. The minimum atomic E-state index is -0.0582. The fourth-order valence-electron chi connectivity index (χ4n) is 3.31. The first kappa shape index (κ1) is 19.3. The third kappa shape index (κ3) is 3.90. The van der Waals surface area contributed by atoms with E-state index in [1.54, 1.807) is 11.3 Å². The zero-order valence-electron chi connectivity index (χ0n) is 17.2. The maximum Gasteiger partial charge on any atom is 0.146 e. The first-order chi connectivity index (χ1) is 13.3. The van der Waals surface area contributed by atoms with E-state index < -0.39 is 0 Å². The molecule has 4 heterocycles. The number of hydrogen-bond acceptors (Lipinski definition) is 7. The maximum atomic E-state index is 5.46. The summed E-state index contributed by atoms with van der Waals surface area (Å²) in [5, 5.41) is 9.11. The maximum absolute atomic E-state index is 5.46. The Morgan fingerprint density at radius 2 is 1.93 bits per heavy atom. The molecule has 4 rings (SSSR count). The number of rotatable bonds is 4. The molecular formula is C20H28N6OS. The van der Waals surface area contributed by atoms with Gasteiger partial charge in [0.25, 0.3) is 0 Å². The molecule has 8 heteroatoms. The highest BCUT2D eigenvalue weighted by Gasteiger charge is 2.19. The normalized spacial score (nSPS) is 16.0. The Balaban J connectivity index is 1.69. The molecule has 1 aliphatic rings. The fourth-order valence-corrected chi connectivity index (χ4v) is 4.35. The molecule has 3 aromatic heterocycles. The minimum absolute atomic E-state index is 0.0582. The number of aromatic nitrogens is 4. The Morgan fingerprint density at radius 3 is 2.61 bits per heavy atom. The van der Waals surface area contributed by atoms with E-state index in [9.17, 15) is 0 Å². The summed E-state index contributed by atoms with van der Waals surface area (Å²) in [6.07, 6.45) is 3.89. The second-order valence-corrected chi connectivity index (χ2v) is 9.51. The number of hydrogen-bond donors (Lipinski definition) is 1. The lowest BCUT2D eigenvalue weighted by Gasteiger charge is -2.25. The number of ether oxygens (including phenoxy) is 1. The standard InChI is InChI=1S/C20H28N6OS/c1-13-14(2)28-19-17(13)18(22-15-10-21-26(11-15)20(3,4)5)23-16(24-19)12-25-6-8-27-9-7-25/h10-11H,6-9,12H2,1-5H3,(H,22,23,24). The number of nitrogens with one attached hydrogen (secondary N) is 1. The van der Waals surface area contributed by atoms with E-state index >= 15 is 0 Å². The zero-order chi connectivity index (χ0) is 19.9. The van der Waals surface area contributed by atoms with Crippen molar-refractivity contribution in [2.75, 3.05) is 31.6 Å². The molecule has 0 aromatic carbocycles. The number of morpholine rings is 1. The summed E-state index contributed by atoms with van der Waals surface area (Å²) in [6.45, 7) is 14.8. The van der Waals surface area contributed by atoms with E-state index in [-0.39, 0.29) is 5.54 Å². The van der Waals surface area contributed by atoms with Gasteiger partial charge in [0.05, 0.1) is 42.6 Å². The Labute approximate surface area is 169 Å². The largest absolute Gasteiger partial charge is 0.379 e. The summed E-state index contributed by atoms with van der Waals surface area (Å²) in [4.78, 5) is 14.4. The van der Waals surface area contributed by atoms with Crippen LogP contribution in [0.3, 0.4) is 0 Å². The number of thiophene rings is 1. The zero-order valence-corrected chi connectivity index (χ0v) is 18.1. The Bertz CT molecular complexity index is 981. The highest BCUT2D eigenvalue weighted by molar-refractivity contribution is 7.18. The summed E-state index contributed by atoms with van der Waals surface area (Å²) >= 11 is 1.73. The van der Waals surface area contributed by atoms with Gasteiger partial charge < -0.3 is 10.1 Å². The van der Waals surface area contributed by atoms with Gasteiger partial charge in [0.2, 0.25) is 0 Å². The van der Waals surface area contributed by atoms with Gasteiger partial charge in [-0.1, -0.05) is 0 Å². The molecule has 1 N–H and O–H groups in total. The van der Waals surface area contributed by atoms with Crippen molar-refractivity contribution in [2.24, 2.45) is 0 Å². The summed E-state index contributed by atoms with van der Waals surface area (Å²) in [5.41, 5.74) is 2.12. The summed E-state index contributed by atoms with van der Waals surface area (Å²) in [6, 6.07) is 0. The van der Waals surface area contributed by atoms with Crippen LogP contribution in [0.25, 0.3) is 10.2 Å². The minimum Gasteiger partial charge on any atom is -0.379 e. The van der Waals surface area contributed by atoms with Crippen molar-refractivity contribution < 1.29 is 4.74 Å². The monoisotopic (exact) mass is 400 g/mol. The van der Waals surface area contributed by atoms with Crippen LogP contribution in [0.1, 0.15) is 37.0 Å². The van der Waals surface area contributed by atoms with Gasteiger partial charge in [0.1, 0.15) is 16.5 Å². The van der Waals surface area contributed by atoms with E-state index in [0.29, 0.717) is 0 Å². The van der Waals surface area contributed by atoms with Gasteiger partial charge in [0.15, 0.2) is 0 Å². The molecule has 3 aromatic rings. The Kier molecular flexibility index (Phi) is 5.11. The predicted octanol–water partition coefficient (Wildman–Crippen LogP) is 3.84. The van der Waals surface area contributed by atoms with Gasteiger partial charge in [-0.3, -0.25) is 9.58 Å². The number of anilines is 2. The van der Waals surface area contributed by atoms with Crippen LogP contribution in [0.4, 0.5) is 11.5 Å². The van der Waals surface area contributed by atoms with Crippen molar-refractivity contribution in [3.05, 3.63) is 28.7 Å². The van der Waals surface area contributed by atoms with Crippen LogP contribution >= 0.6 is 11.3 Å². The van der Waals surface area contributed by atoms with Crippen LogP contribution in [0, 0.1) is 13.8 Å². The molecule has 1 fully saturated rings. The van der Waals surface area contributed by atoms with E-state index in [1.807, 2.05) is 17.1 Å². The molecule has 150 valence electrons. The van der Waals surface area contributed by atoms with Gasteiger partial charge in [-0.25, -0.2) is 9.97 Å². The topological polar surface area (TPSA) is 68.1 Å². The fraction of sp³-hybridized carbons (Fsp3) is 0.550. The van der Waals surface area contributed by atoms with Crippen molar-refractivity contribution in [1.29, 1.82) is 0 Å². The molecule has 0 atom stereocenters. The SMILES string of the molecule is Cc1sc2nc(CN3CCOCC3)nc(Nc3cnn(C(C)(C)C)c3)c2c1C. The number of fused-ring (bicyclic) bond motifs is 1. The van der Waals surface area contributed by atoms with Crippen LogP contribution in [-0.2, 0) is 16.8 Å². The van der Waals surface area contributed by atoms with Crippen molar-refractivity contribution in [3.63, 3.8) is 0 Å². The number of aryl methyl sites for hydroxylation is 2. The van der Waals surface area contributed by atoms with Crippen LogP contribution in [0.5, 0.6) is 0 Å². The smallest absolute Gasteiger partial charge is 0.146 e. The lowest BCUT2D eigenvalue weighted by Crippen LogP contribution is -2.36. The molecule has 1 saturated heterocycles. The lowest BCUT2D eigenvalue weighted by molar-refractivity contribution is 0.0331. The molecule has 7 nitrogen and oxygen atoms in total. The molecule has 0 unspecified atom stereocenters. The molecule has 0 bridgehead atoms. The Hall–Kier alpha value is -2.03. The van der Waals surface area contributed by atoms with Crippen LogP contribution in [0.2, 0.25) is 0 Å². The van der Waals surface area contributed by atoms with Crippen LogP contribution in [0.15, 0.2) is 12.4 Å². The molecular weight excluding hydrogens is 372 g/mol. The quantitative estimate of drug-likeness (QED) is 0.718. The van der Waals surface area contributed by atoms with Gasteiger partial charge in [-0.15, -0.1) is 11.3 Å². The van der Waals surface area contributed by atoms with Gasteiger partial charge >= 0.3 is 0 Å². The van der Waals surface area contributed by atoms with Crippen molar-refractivity contribution in [1.82, 2.24) is 24.6 Å². The van der Waals surface area contributed by atoms with Crippen molar-refractivity contribution in [3.8, 4) is 0 Å². The average Bonchev–Trinajstić information content (AvgIpc) is 3.21. The first-order valence-electron chi connectivity index (χ1n) is 9.70. The predicted molar refractivity (Wildman–Crippen MR) is 113 cm³/mol. The molecule has 0 spiro atoms. The van der Waals surface area contributed by atoms with Gasteiger partial charge in [-0.05, 0) is 40.2 Å². The molecule has 1 aliphatic heterocycles. The van der Waals surface area contributed by atoms with Gasteiger partial charge in [0, 0.05) is 24.2 Å². The summed E-state index contributed by atoms with van der Waals surface area (Å²) < 4.78 is 7.42. The third-order valence-corrected chi connectivity index (χ3v) is 6.18. The summed E-state index contributed by atoms with van der Waals surface area (Å²) in [5.74, 6) is 1.71. The van der Waals surface area contributed by atoms with Crippen LogP contribution < -0.4 is 5.32 Å². The second-order valence-electron chi connectivity index (χ2n) is 8.31. The highest BCUT2D eigenvalue weighted by atomic mass is 32.1. The molecule has 0 aliphatic carbocycles. The molecule has 0 amide bonds. The van der Waals surface area contributed by atoms with E-state index in [0.717, 1.165) is 60.4 Å². The highest BCUT2D eigenvalue weighted by Crippen LogP contribution is 2.34. The van der Waals surface area contributed by atoms with E-state index in [1.165, 1.54) is 10.4 Å². The molecule has 28 heavy (non-hydrogen) atoms. The first-order valence-corrected chi connectivity index (χ1v) is 10.5. The average molecular weight is 401 g/mol. The Morgan fingerprint density at radius 1 is 1.18 bits per heavy atom. The van der Waals surface area contributed by atoms with Crippen molar-refractivity contribution >= 4 is 33.1 Å². The number of nitrogens with zero attached hydrogens (tertiary/aromatic N) is 5. The van der Waals surface area contributed by atoms with Crippen LogP contribution in [-0.4, -0.2) is 51.0 Å². The van der Waals surface area contributed by atoms with E-state index in [4.69, 9.17) is 14.7 Å². The molecule has 0 radical (unpaired) electrons. The van der Waals surface area contributed by atoms with Crippen molar-refractivity contribution in [2.45, 2.75) is 46.7 Å². The molecule has 0 saturated carbocycles.